The smallest absolute Gasteiger partial charge is 0.311 e. The van der Waals surface area contributed by atoms with Gasteiger partial charge in [0.2, 0.25) is 0 Å². The van der Waals surface area contributed by atoms with E-state index in [4.69, 9.17) is 14.2 Å². The normalized spacial score (nSPS) is 27.3. The van der Waals surface area contributed by atoms with E-state index in [-0.39, 0.29) is 30.0 Å². The Labute approximate surface area is 143 Å². The third-order valence-electron chi connectivity index (χ3n) is 5.05. The van der Waals surface area contributed by atoms with E-state index in [0.717, 1.165) is 30.7 Å². The lowest BCUT2D eigenvalue weighted by atomic mass is 9.93. The van der Waals surface area contributed by atoms with Gasteiger partial charge in [0, 0.05) is 24.3 Å². The van der Waals surface area contributed by atoms with Crippen LogP contribution in [0.25, 0.3) is 0 Å². The van der Waals surface area contributed by atoms with Gasteiger partial charge in [-0.05, 0) is 43.5 Å². The number of fused-ring (bicyclic) bond motifs is 3. The van der Waals surface area contributed by atoms with Gasteiger partial charge in [0.1, 0.15) is 5.75 Å². The van der Waals surface area contributed by atoms with Crippen molar-refractivity contribution in [2.45, 2.75) is 51.2 Å². The second-order valence-electron chi connectivity index (χ2n) is 6.51. The van der Waals surface area contributed by atoms with Gasteiger partial charge in [-0.2, -0.15) is 0 Å². The van der Waals surface area contributed by atoms with Crippen molar-refractivity contribution >= 4 is 11.7 Å². The molecule has 0 bridgehead atoms. The molecule has 24 heavy (non-hydrogen) atoms. The van der Waals surface area contributed by atoms with Crippen molar-refractivity contribution < 1.29 is 19.0 Å². The molecule has 1 saturated carbocycles. The molecular formula is C19H27NO4. The molecular weight excluding hydrogens is 306 g/mol. The standard InChI is InChI=1S/C19H27NO4/c1-4-6-9-24-18-14(19(21)23-5-2)11-16-17(18)13-10-12(22-3)7-8-15(13)20-16/h7-8,10,14,16-18,20H,4-6,9,11H2,1-3H3/t14?,16-,17-,18?/m1/s1. The average molecular weight is 333 g/mol. The predicted molar refractivity (Wildman–Crippen MR) is 92.5 cm³/mol. The molecule has 5 heteroatoms. The van der Waals surface area contributed by atoms with E-state index in [1.54, 1.807) is 7.11 Å². The van der Waals surface area contributed by atoms with Crippen molar-refractivity contribution in [3.8, 4) is 5.75 Å². The summed E-state index contributed by atoms with van der Waals surface area (Å²) in [5, 5.41) is 3.55. The number of unbranched alkanes of at least 4 members (excludes halogenated alkanes) is 1. The van der Waals surface area contributed by atoms with Crippen LogP contribution in [0.4, 0.5) is 5.69 Å². The number of benzene rings is 1. The second-order valence-corrected chi connectivity index (χ2v) is 6.51. The Hall–Kier alpha value is -1.75. The van der Waals surface area contributed by atoms with Crippen molar-refractivity contribution in [1.82, 2.24) is 0 Å². The number of esters is 1. The van der Waals surface area contributed by atoms with Gasteiger partial charge in [0.05, 0.1) is 25.7 Å². The lowest BCUT2D eigenvalue weighted by Crippen LogP contribution is -2.31. The molecule has 2 aliphatic rings. The van der Waals surface area contributed by atoms with Crippen LogP contribution >= 0.6 is 0 Å². The molecule has 0 amide bonds. The van der Waals surface area contributed by atoms with Crippen LogP contribution in [0.5, 0.6) is 5.75 Å². The maximum Gasteiger partial charge on any atom is 0.311 e. The van der Waals surface area contributed by atoms with Crippen molar-refractivity contribution in [2.75, 3.05) is 25.6 Å². The van der Waals surface area contributed by atoms with E-state index < -0.39 is 0 Å². The Bertz CT molecular complexity index is 589. The van der Waals surface area contributed by atoms with Gasteiger partial charge in [0.25, 0.3) is 0 Å². The topological polar surface area (TPSA) is 56.8 Å². The fourth-order valence-electron chi connectivity index (χ4n) is 3.91. The number of hydrogen-bond donors (Lipinski definition) is 1. The molecule has 1 aliphatic carbocycles. The zero-order chi connectivity index (χ0) is 17.1. The third kappa shape index (κ3) is 3.09. The second kappa shape index (κ2) is 7.43. The highest BCUT2D eigenvalue weighted by atomic mass is 16.5. The highest BCUT2D eigenvalue weighted by Gasteiger charge is 2.52. The molecule has 0 radical (unpaired) electrons. The Morgan fingerprint density at radius 2 is 2.17 bits per heavy atom. The summed E-state index contributed by atoms with van der Waals surface area (Å²) in [5.41, 5.74) is 2.31. The summed E-state index contributed by atoms with van der Waals surface area (Å²) >= 11 is 0. The first-order chi connectivity index (χ1) is 11.7. The monoisotopic (exact) mass is 333 g/mol. The fourth-order valence-corrected chi connectivity index (χ4v) is 3.91. The summed E-state index contributed by atoms with van der Waals surface area (Å²) < 4.78 is 16.8. The zero-order valence-electron chi connectivity index (χ0n) is 14.7. The lowest BCUT2D eigenvalue weighted by molar-refractivity contribution is -0.152. The average Bonchev–Trinajstić information content (AvgIpc) is 3.11. The van der Waals surface area contributed by atoms with E-state index in [9.17, 15) is 4.79 Å². The molecule has 132 valence electrons. The highest BCUT2D eigenvalue weighted by molar-refractivity contribution is 5.76. The minimum absolute atomic E-state index is 0.138. The fraction of sp³-hybridized carbons (Fsp3) is 0.632. The molecule has 0 saturated heterocycles. The summed E-state index contributed by atoms with van der Waals surface area (Å²) in [4.78, 5) is 12.4. The minimum atomic E-state index is -0.205. The zero-order valence-corrected chi connectivity index (χ0v) is 14.7. The Balaban J connectivity index is 1.86. The molecule has 1 fully saturated rings. The number of ether oxygens (including phenoxy) is 3. The first-order valence-corrected chi connectivity index (χ1v) is 8.92. The summed E-state index contributed by atoms with van der Waals surface area (Å²) in [6.45, 7) is 5.07. The summed E-state index contributed by atoms with van der Waals surface area (Å²) in [7, 11) is 1.67. The Kier molecular flexibility index (Phi) is 5.29. The quantitative estimate of drug-likeness (QED) is 0.613. The van der Waals surface area contributed by atoms with Crippen LogP contribution in [-0.2, 0) is 14.3 Å². The minimum Gasteiger partial charge on any atom is -0.497 e. The first kappa shape index (κ1) is 17.1. The number of anilines is 1. The number of carbonyl (C=O) groups excluding carboxylic acids is 1. The van der Waals surface area contributed by atoms with E-state index in [2.05, 4.69) is 24.4 Å². The van der Waals surface area contributed by atoms with Crippen molar-refractivity contribution in [3.63, 3.8) is 0 Å². The molecule has 0 aromatic heterocycles. The molecule has 4 atom stereocenters. The van der Waals surface area contributed by atoms with Gasteiger partial charge in [-0.25, -0.2) is 0 Å². The molecule has 3 rings (SSSR count). The van der Waals surface area contributed by atoms with Crippen LogP contribution in [0, 0.1) is 5.92 Å². The van der Waals surface area contributed by atoms with Crippen LogP contribution in [0.1, 0.15) is 44.6 Å². The van der Waals surface area contributed by atoms with Crippen LogP contribution in [0.2, 0.25) is 0 Å². The van der Waals surface area contributed by atoms with E-state index >= 15 is 0 Å². The van der Waals surface area contributed by atoms with Crippen LogP contribution in [0.3, 0.4) is 0 Å². The predicted octanol–water partition coefficient (Wildman–Crippen LogP) is 3.34. The van der Waals surface area contributed by atoms with Crippen LogP contribution in [0.15, 0.2) is 18.2 Å². The van der Waals surface area contributed by atoms with Crippen LogP contribution < -0.4 is 10.1 Å². The number of methoxy groups -OCH3 is 1. The summed E-state index contributed by atoms with van der Waals surface area (Å²) in [6.07, 6.45) is 2.69. The molecule has 1 aliphatic heterocycles. The van der Waals surface area contributed by atoms with Crippen LogP contribution in [-0.4, -0.2) is 38.4 Å². The highest BCUT2D eigenvalue weighted by Crippen LogP contribution is 2.50. The Morgan fingerprint density at radius 3 is 2.88 bits per heavy atom. The summed E-state index contributed by atoms with van der Waals surface area (Å²) in [5.74, 6) is 0.660. The van der Waals surface area contributed by atoms with Gasteiger partial charge in [-0.3, -0.25) is 4.79 Å². The van der Waals surface area contributed by atoms with Gasteiger partial charge in [0.15, 0.2) is 0 Å². The van der Waals surface area contributed by atoms with Crippen molar-refractivity contribution in [2.24, 2.45) is 5.92 Å². The summed E-state index contributed by atoms with van der Waals surface area (Å²) in [6, 6.07) is 6.29. The SMILES string of the molecule is CCCCOC1C(C(=O)OCC)C[C@H]2Nc3ccc(OC)cc3[C@@H]12. The lowest BCUT2D eigenvalue weighted by Gasteiger charge is -2.24. The number of hydrogen-bond acceptors (Lipinski definition) is 5. The van der Waals surface area contributed by atoms with Crippen molar-refractivity contribution in [1.29, 1.82) is 0 Å². The van der Waals surface area contributed by atoms with E-state index in [0.29, 0.717) is 13.2 Å². The molecule has 0 spiro atoms. The van der Waals surface area contributed by atoms with Gasteiger partial charge in [-0.15, -0.1) is 0 Å². The third-order valence-corrected chi connectivity index (χ3v) is 5.05. The number of nitrogens with one attached hydrogen (secondary N) is 1. The largest absolute Gasteiger partial charge is 0.497 e. The molecule has 2 unspecified atom stereocenters. The van der Waals surface area contributed by atoms with Gasteiger partial charge >= 0.3 is 5.97 Å². The Morgan fingerprint density at radius 1 is 1.33 bits per heavy atom. The molecule has 1 aromatic rings. The maximum absolute atomic E-state index is 12.4. The molecule has 5 nitrogen and oxygen atoms in total. The van der Waals surface area contributed by atoms with Crippen molar-refractivity contribution in [3.05, 3.63) is 23.8 Å². The molecule has 1 aromatic carbocycles. The maximum atomic E-state index is 12.4. The number of carbonyl (C=O) groups is 1. The van der Waals surface area contributed by atoms with Gasteiger partial charge in [-0.1, -0.05) is 13.3 Å². The van der Waals surface area contributed by atoms with E-state index in [1.807, 2.05) is 13.0 Å². The number of rotatable bonds is 7. The first-order valence-electron chi connectivity index (χ1n) is 8.92. The molecule has 1 N–H and O–H groups in total. The van der Waals surface area contributed by atoms with Gasteiger partial charge < -0.3 is 19.5 Å². The molecule has 1 heterocycles. The van der Waals surface area contributed by atoms with E-state index in [1.165, 1.54) is 5.56 Å².